The lowest BCUT2D eigenvalue weighted by molar-refractivity contribution is -0.127. The molecule has 2 aromatic rings. The number of ether oxygens (including phenoxy) is 1. The topological polar surface area (TPSA) is 67.4 Å². The second-order valence-electron chi connectivity index (χ2n) is 6.98. The van der Waals surface area contributed by atoms with Gasteiger partial charge in [-0.2, -0.15) is 8.75 Å². The maximum absolute atomic E-state index is 12.6. The molecule has 2 saturated heterocycles. The molecule has 3 heterocycles. The Morgan fingerprint density at radius 1 is 1.24 bits per heavy atom. The van der Waals surface area contributed by atoms with Crippen LogP contribution in [0.25, 0.3) is 11.0 Å². The molecule has 0 spiro atoms. The first kappa shape index (κ1) is 16.9. The maximum atomic E-state index is 12.6. The highest BCUT2D eigenvalue weighted by Crippen LogP contribution is 2.23. The van der Waals surface area contributed by atoms with Crippen LogP contribution in [-0.4, -0.2) is 51.9 Å². The van der Waals surface area contributed by atoms with Crippen molar-refractivity contribution >= 4 is 28.7 Å². The first-order chi connectivity index (χ1) is 12.3. The van der Waals surface area contributed by atoms with Crippen molar-refractivity contribution in [2.45, 2.75) is 38.3 Å². The largest absolute Gasteiger partial charge is 0.381 e. The Bertz CT molecular complexity index is 729. The normalized spacial score (nSPS) is 23.0. The number of amides is 1. The van der Waals surface area contributed by atoms with Crippen LogP contribution >= 0.6 is 11.7 Å². The first-order valence-corrected chi connectivity index (χ1v) is 9.83. The number of likely N-dealkylation sites (tertiary alicyclic amines) is 1. The number of aromatic nitrogens is 2. The van der Waals surface area contributed by atoms with Crippen molar-refractivity contribution in [3.8, 4) is 0 Å². The number of piperidine rings is 1. The van der Waals surface area contributed by atoms with Crippen molar-refractivity contribution in [2.75, 3.05) is 26.3 Å². The van der Waals surface area contributed by atoms with Crippen LogP contribution in [0.5, 0.6) is 0 Å². The molecule has 25 heavy (non-hydrogen) atoms. The van der Waals surface area contributed by atoms with Crippen molar-refractivity contribution in [1.82, 2.24) is 19.0 Å². The summed E-state index contributed by atoms with van der Waals surface area (Å²) in [6.07, 6.45) is 4.28. The number of fused-ring (bicyclic) bond motifs is 1. The zero-order valence-electron chi connectivity index (χ0n) is 14.3. The molecule has 0 radical (unpaired) electrons. The second kappa shape index (κ2) is 7.76. The summed E-state index contributed by atoms with van der Waals surface area (Å²) in [5, 5.41) is 3.11. The van der Waals surface area contributed by atoms with Gasteiger partial charge in [-0.05, 0) is 49.9 Å². The molecule has 134 valence electrons. The number of hydrogen-bond acceptors (Lipinski definition) is 6. The predicted molar refractivity (Wildman–Crippen MR) is 97.4 cm³/mol. The lowest BCUT2D eigenvalue weighted by Gasteiger charge is -2.39. The summed E-state index contributed by atoms with van der Waals surface area (Å²) < 4.78 is 13.9. The summed E-state index contributed by atoms with van der Waals surface area (Å²) in [6.45, 7) is 4.26. The Kier molecular flexibility index (Phi) is 5.24. The van der Waals surface area contributed by atoms with Crippen LogP contribution in [0.3, 0.4) is 0 Å². The van der Waals surface area contributed by atoms with Crippen LogP contribution in [0.2, 0.25) is 0 Å². The van der Waals surface area contributed by atoms with Crippen molar-refractivity contribution in [2.24, 2.45) is 5.92 Å². The van der Waals surface area contributed by atoms with E-state index in [9.17, 15) is 4.79 Å². The van der Waals surface area contributed by atoms with Gasteiger partial charge in [0, 0.05) is 32.3 Å². The van der Waals surface area contributed by atoms with E-state index in [0.717, 1.165) is 68.6 Å². The molecule has 1 atom stereocenters. The minimum absolute atomic E-state index is 0.0984. The zero-order valence-corrected chi connectivity index (χ0v) is 15.1. The summed E-state index contributed by atoms with van der Waals surface area (Å²) in [7, 11) is 0. The zero-order chi connectivity index (χ0) is 17.1. The number of hydrogen-bond donors (Lipinski definition) is 1. The van der Waals surface area contributed by atoms with E-state index < -0.39 is 0 Å². The second-order valence-corrected chi connectivity index (χ2v) is 7.51. The lowest BCUT2D eigenvalue weighted by atomic mass is 9.94. The van der Waals surface area contributed by atoms with Crippen LogP contribution in [0, 0.1) is 5.92 Å². The average Bonchev–Trinajstić information content (AvgIpc) is 3.15. The molecule has 6 nitrogen and oxygen atoms in total. The Hall–Kier alpha value is -1.57. The highest BCUT2D eigenvalue weighted by molar-refractivity contribution is 7.00. The van der Waals surface area contributed by atoms with Crippen molar-refractivity contribution in [1.29, 1.82) is 0 Å². The lowest BCUT2D eigenvalue weighted by Crippen LogP contribution is -2.48. The molecule has 2 fully saturated rings. The number of rotatable bonds is 4. The van der Waals surface area contributed by atoms with Crippen LogP contribution in [0.1, 0.15) is 31.2 Å². The third-order valence-corrected chi connectivity index (χ3v) is 5.87. The number of carbonyl (C=O) groups excluding carboxylic acids is 1. The molecule has 1 N–H and O–H groups in total. The van der Waals surface area contributed by atoms with Gasteiger partial charge in [-0.3, -0.25) is 9.69 Å². The fourth-order valence-electron chi connectivity index (χ4n) is 3.87. The average molecular weight is 360 g/mol. The molecule has 0 aliphatic carbocycles. The van der Waals surface area contributed by atoms with Gasteiger partial charge in [0.1, 0.15) is 11.0 Å². The quantitative estimate of drug-likeness (QED) is 0.905. The predicted octanol–water partition coefficient (Wildman–Crippen LogP) is 2.20. The Morgan fingerprint density at radius 3 is 2.96 bits per heavy atom. The molecule has 7 heteroatoms. The van der Waals surface area contributed by atoms with Gasteiger partial charge in [0.15, 0.2) is 0 Å². The van der Waals surface area contributed by atoms with Gasteiger partial charge < -0.3 is 10.1 Å². The molecule has 0 saturated carbocycles. The van der Waals surface area contributed by atoms with Crippen LogP contribution in [-0.2, 0) is 16.1 Å². The molecule has 4 rings (SSSR count). The standard InChI is InChI=1S/C18H24N4O2S/c23-18(19-11-13-3-4-16-17(10-13)21-25-20-16)14-2-1-7-22(12-14)15-5-8-24-9-6-15/h3-4,10,14-15H,1-2,5-9,11-12H2,(H,19,23)/t14-/m1/s1. The van der Waals surface area contributed by atoms with E-state index in [1.54, 1.807) is 0 Å². The monoisotopic (exact) mass is 360 g/mol. The summed E-state index contributed by atoms with van der Waals surface area (Å²) in [6, 6.07) is 6.57. The van der Waals surface area contributed by atoms with Gasteiger partial charge in [-0.1, -0.05) is 6.07 Å². The molecule has 1 aromatic carbocycles. The molecule has 0 unspecified atom stereocenters. The minimum Gasteiger partial charge on any atom is -0.381 e. The smallest absolute Gasteiger partial charge is 0.224 e. The fraction of sp³-hybridized carbons (Fsp3) is 0.611. The summed E-state index contributed by atoms with van der Waals surface area (Å²) in [5.41, 5.74) is 2.89. The highest BCUT2D eigenvalue weighted by Gasteiger charge is 2.30. The van der Waals surface area contributed by atoms with E-state index in [-0.39, 0.29) is 11.8 Å². The highest BCUT2D eigenvalue weighted by atomic mass is 32.1. The van der Waals surface area contributed by atoms with E-state index in [2.05, 4.69) is 19.0 Å². The summed E-state index contributed by atoms with van der Waals surface area (Å²) >= 11 is 1.22. The molecule has 1 amide bonds. The van der Waals surface area contributed by atoms with Crippen LogP contribution in [0.15, 0.2) is 18.2 Å². The van der Waals surface area contributed by atoms with Crippen LogP contribution in [0.4, 0.5) is 0 Å². The van der Waals surface area contributed by atoms with E-state index in [4.69, 9.17) is 4.74 Å². The summed E-state index contributed by atoms with van der Waals surface area (Å²) in [4.78, 5) is 15.1. The maximum Gasteiger partial charge on any atom is 0.224 e. The minimum atomic E-state index is 0.0984. The van der Waals surface area contributed by atoms with Gasteiger partial charge in [0.2, 0.25) is 5.91 Å². The molecular formula is C18H24N4O2S. The van der Waals surface area contributed by atoms with Gasteiger partial charge >= 0.3 is 0 Å². The third kappa shape index (κ3) is 3.99. The van der Waals surface area contributed by atoms with Gasteiger partial charge in [-0.25, -0.2) is 0 Å². The number of nitrogens with zero attached hydrogens (tertiary/aromatic N) is 3. The fourth-order valence-corrected chi connectivity index (χ4v) is 4.39. The number of benzene rings is 1. The molecular weight excluding hydrogens is 336 g/mol. The van der Waals surface area contributed by atoms with E-state index >= 15 is 0 Å². The van der Waals surface area contributed by atoms with E-state index in [1.807, 2.05) is 18.2 Å². The van der Waals surface area contributed by atoms with Gasteiger partial charge in [-0.15, -0.1) is 0 Å². The van der Waals surface area contributed by atoms with Crippen molar-refractivity contribution in [3.05, 3.63) is 23.8 Å². The van der Waals surface area contributed by atoms with Gasteiger partial charge in [0.05, 0.1) is 17.6 Å². The Balaban J connectivity index is 1.32. The Labute approximate surface area is 151 Å². The van der Waals surface area contributed by atoms with Crippen molar-refractivity contribution < 1.29 is 9.53 Å². The van der Waals surface area contributed by atoms with E-state index in [1.165, 1.54) is 11.7 Å². The Morgan fingerprint density at radius 2 is 2.08 bits per heavy atom. The third-order valence-electron chi connectivity index (χ3n) is 5.32. The molecule has 0 bridgehead atoms. The molecule has 1 aromatic heterocycles. The van der Waals surface area contributed by atoms with Crippen molar-refractivity contribution in [3.63, 3.8) is 0 Å². The molecule has 2 aliphatic rings. The van der Waals surface area contributed by atoms with E-state index in [0.29, 0.717) is 12.6 Å². The van der Waals surface area contributed by atoms with Gasteiger partial charge in [0.25, 0.3) is 0 Å². The number of nitrogens with one attached hydrogen (secondary N) is 1. The van der Waals surface area contributed by atoms with Crippen LogP contribution < -0.4 is 5.32 Å². The summed E-state index contributed by atoms with van der Waals surface area (Å²) in [5.74, 6) is 0.273. The number of carbonyl (C=O) groups is 1. The molecule has 2 aliphatic heterocycles. The SMILES string of the molecule is O=C(NCc1ccc2nsnc2c1)[C@@H]1CCCN(C2CCOCC2)C1. The first-order valence-electron chi connectivity index (χ1n) is 9.10.